The molecule has 0 aliphatic carbocycles. The van der Waals surface area contributed by atoms with Crippen LogP contribution in [0.2, 0.25) is 0 Å². The molecule has 2 saturated heterocycles. The number of rotatable bonds is 4. The molecule has 0 radical (unpaired) electrons. The predicted molar refractivity (Wildman–Crippen MR) is 62.1 cm³/mol. The standard InChI is InChI=1S/C9H20N4O2S/c10-8-3-5-13(7-8)16(14,15)12-6-9-2-1-4-11-9/h8-9,11-12H,1-7,10H2/t8-,9-/m0/s1. The van der Waals surface area contributed by atoms with Gasteiger partial charge in [-0.1, -0.05) is 0 Å². The molecule has 0 aromatic heterocycles. The average Bonchev–Trinajstić information content (AvgIpc) is 2.85. The van der Waals surface area contributed by atoms with Crippen molar-refractivity contribution in [3.8, 4) is 0 Å². The molecule has 2 heterocycles. The molecule has 0 unspecified atom stereocenters. The summed E-state index contributed by atoms with van der Waals surface area (Å²) in [7, 11) is -3.32. The lowest BCUT2D eigenvalue weighted by Crippen LogP contribution is -2.45. The minimum Gasteiger partial charge on any atom is -0.326 e. The fourth-order valence-electron chi connectivity index (χ4n) is 2.20. The largest absolute Gasteiger partial charge is 0.326 e. The predicted octanol–water partition coefficient (Wildman–Crippen LogP) is -1.39. The summed E-state index contributed by atoms with van der Waals surface area (Å²) in [5.74, 6) is 0. The maximum Gasteiger partial charge on any atom is 0.279 e. The van der Waals surface area contributed by atoms with Gasteiger partial charge in [0.25, 0.3) is 10.2 Å². The molecule has 16 heavy (non-hydrogen) atoms. The van der Waals surface area contributed by atoms with E-state index < -0.39 is 10.2 Å². The van der Waals surface area contributed by atoms with Gasteiger partial charge in [0, 0.05) is 31.7 Å². The highest BCUT2D eigenvalue weighted by atomic mass is 32.2. The Morgan fingerprint density at radius 3 is 2.81 bits per heavy atom. The van der Waals surface area contributed by atoms with Crippen molar-refractivity contribution >= 4 is 10.2 Å². The minimum atomic E-state index is -3.32. The summed E-state index contributed by atoms with van der Waals surface area (Å²) in [6.45, 7) is 2.44. The molecule has 6 nitrogen and oxygen atoms in total. The molecule has 0 saturated carbocycles. The maximum absolute atomic E-state index is 11.9. The topological polar surface area (TPSA) is 87.5 Å². The molecule has 2 rings (SSSR count). The fourth-order valence-corrected chi connectivity index (χ4v) is 3.53. The Morgan fingerprint density at radius 2 is 2.25 bits per heavy atom. The van der Waals surface area contributed by atoms with Crippen LogP contribution in [-0.4, -0.2) is 51.0 Å². The van der Waals surface area contributed by atoms with Gasteiger partial charge < -0.3 is 11.1 Å². The van der Waals surface area contributed by atoms with Crippen LogP contribution in [0.5, 0.6) is 0 Å². The number of nitrogens with one attached hydrogen (secondary N) is 2. The van der Waals surface area contributed by atoms with E-state index in [-0.39, 0.29) is 12.1 Å². The van der Waals surface area contributed by atoms with Gasteiger partial charge in [-0.15, -0.1) is 0 Å². The van der Waals surface area contributed by atoms with Gasteiger partial charge >= 0.3 is 0 Å². The van der Waals surface area contributed by atoms with Crippen LogP contribution in [0, 0.1) is 0 Å². The third-order valence-corrected chi connectivity index (χ3v) is 4.74. The van der Waals surface area contributed by atoms with Crippen LogP contribution in [0.4, 0.5) is 0 Å². The van der Waals surface area contributed by atoms with Crippen LogP contribution in [0.1, 0.15) is 19.3 Å². The monoisotopic (exact) mass is 248 g/mol. The Morgan fingerprint density at radius 1 is 1.44 bits per heavy atom. The molecule has 0 bridgehead atoms. The van der Waals surface area contributed by atoms with Gasteiger partial charge in [0.1, 0.15) is 0 Å². The second kappa shape index (κ2) is 4.97. The molecule has 2 aliphatic heterocycles. The second-order valence-corrected chi connectivity index (χ2v) is 6.31. The third-order valence-electron chi connectivity index (χ3n) is 3.20. The third kappa shape index (κ3) is 2.92. The van der Waals surface area contributed by atoms with Gasteiger partial charge in [0.2, 0.25) is 0 Å². The van der Waals surface area contributed by atoms with Gasteiger partial charge in [-0.05, 0) is 25.8 Å². The van der Waals surface area contributed by atoms with Crippen molar-refractivity contribution in [2.24, 2.45) is 5.73 Å². The van der Waals surface area contributed by atoms with E-state index in [1.54, 1.807) is 0 Å². The lowest BCUT2D eigenvalue weighted by Gasteiger charge is -2.18. The van der Waals surface area contributed by atoms with Crippen molar-refractivity contribution in [3.05, 3.63) is 0 Å². The number of nitrogens with zero attached hydrogens (tertiary/aromatic N) is 1. The highest BCUT2D eigenvalue weighted by molar-refractivity contribution is 7.87. The van der Waals surface area contributed by atoms with Crippen LogP contribution < -0.4 is 15.8 Å². The van der Waals surface area contributed by atoms with E-state index in [0.29, 0.717) is 19.6 Å². The van der Waals surface area contributed by atoms with Gasteiger partial charge in [-0.25, -0.2) is 4.72 Å². The van der Waals surface area contributed by atoms with Crippen LogP contribution in [0.3, 0.4) is 0 Å². The summed E-state index contributed by atoms with van der Waals surface area (Å²) in [6, 6.07) is 0.271. The molecule has 94 valence electrons. The van der Waals surface area contributed by atoms with Gasteiger partial charge in [-0.3, -0.25) is 0 Å². The van der Waals surface area contributed by atoms with E-state index in [1.165, 1.54) is 4.31 Å². The van der Waals surface area contributed by atoms with Crippen molar-refractivity contribution in [2.45, 2.75) is 31.3 Å². The smallest absolute Gasteiger partial charge is 0.279 e. The molecule has 2 aliphatic rings. The zero-order valence-corrected chi connectivity index (χ0v) is 10.2. The van der Waals surface area contributed by atoms with E-state index in [1.807, 2.05) is 0 Å². The molecule has 7 heteroatoms. The average molecular weight is 248 g/mol. The quantitative estimate of drug-likeness (QED) is 0.571. The summed E-state index contributed by atoms with van der Waals surface area (Å²) < 4.78 is 27.8. The highest BCUT2D eigenvalue weighted by Crippen LogP contribution is 2.11. The Bertz CT molecular complexity index is 326. The van der Waals surface area contributed by atoms with E-state index in [4.69, 9.17) is 5.73 Å². The Labute approximate surface area is 96.7 Å². The maximum atomic E-state index is 11.9. The Hall–Kier alpha value is -0.210. The summed E-state index contributed by atoms with van der Waals surface area (Å²) in [4.78, 5) is 0. The first-order valence-corrected chi connectivity index (χ1v) is 7.25. The zero-order valence-electron chi connectivity index (χ0n) is 9.35. The van der Waals surface area contributed by atoms with Crippen LogP contribution >= 0.6 is 0 Å². The fraction of sp³-hybridized carbons (Fsp3) is 1.00. The van der Waals surface area contributed by atoms with Crippen LogP contribution in [-0.2, 0) is 10.2 Å². The van der Waals surface area contributed by atoms with E-state index >= 15 is 0 Å². The molecular formula is C9H20N4O2S. The summed E-state index contributed by atoms with van der Waals surface area (Å²) in [5.41, 5.74) is 5.69. The lowest BCUT2D eigenvalue weighted by atomic mass is 10.2. The normalized spacial score (nSPS) is 32.3. The summed E-state index contributed by atoms with van der Waals surface area (Å²) in [5, 5.41) is 3.26. The van der Waals surface area contributed by atoms with Crippen molar-refractivity contribution in [1.82, 2.24) is 14.3 Å². The first kappa shape index (κ1) is 12.3. The highest BCUT2D eigenvalue weighted by Gasteiger charge is 2.29. The molecule has 0 amide bonds. The zero-order chi connectivity index (χ0) is 11.6. The Kier molecular flexibility index (Phi) is 3.81. The Balaban J connectivity index is 1.82. The molecule has 4 N–H and O–H groups in total. The second-order valence-electron chi connectivity index (χ2n) is 4.55. The lowest BCUT2D eigenvalue weighted by molar-refractivity contribution is 0.454. The van der Waals surface area contributed by atoms with Crippen LogP contribution in [0.15, 0.2) is 0 Å². The van der Waals surface area contributed by atoms with Gasteiger partial charge in [0.15, 0.2) is 0 Å². The molecule has 2 fully saturated rings. The van der Waals surface area contributed by atoms with Gasteiger partial charge in [0.05, 0.1) is 0 Å². The summed E-state index contributed by atoms with van der Waals surface area (Å²) >= 11 is 0. The van der Waals surface area contributed by atoms with Crippen LogP contribution in [0.25, 0.3) is 0 Å². The van der Waals surface area contributed by atoms with Crippen molar-refractivity contribution in [1.29, 1.82) is 0 Å². The van der Waals surface area contributed by atoms with Crippen molar-refractivity contribution in [3.63, 3.8) is 0 Å². The SMILES string of the molecule is N[C@H]1CCN(S(=O)(=O)NC[C@@H]2CCCN2)C1. The molecule has 0 spiro atoms. The number of nitrogens with two attached hydrogens (primary N) is 1. The van der Waals surface area contributed by atoms with Crippen molar-refractivity contribution in [2.75, 3.05) is 26.2 Å². The minimum absolute atomic E-state index is 0.0128. The first-order chi connectivity index (χ1) is 7.58. The van der Waals surface area contributed by atoms with E-state index in [2.05, 4.69) is 10.0 Å². The first-order valence-electron chi connectivity index (χ1n) is 5.81. The van der Waals surface area contributed by atoms with E-state index in [9.17, 15) is 8.42 Å². The number of hydrogen-bond acceptors (Lipinski definition) is 4. The molecule has 0 aromatic carbocycles. The molecule has 2 atom stereocenters. The van der Waals surface area contributed by atoms with E-state index in [0.717, 1.165) is 25.8 Å². The van der Waals surface area contributed by atoms with Gasteiger partial charge in [-0.2, -0.15) is 12.7 Å². The van der Waals surface area contributed by atoms with Crippen molar-refractivity contribution < 1.29 is 8.42 Å². The molecule has 0 aromatic rings. The molecular weight excluding hydrogens is 228 g/mol. The summed E-state index contributed by atoms with van der Waals surface area (Å²) in [6.07, 6.45) is 2.92. The number of hydrogen-bond donors (Lipinski definition) is 3.